The highest BCUT2D eigenvalue weighted by atomic mass is 16.7. The Kier molecular flexibility index (Phi) is 12.0. The molecule has 5 rings (SSSR count). The van der Waals surface area contributed by atoms with Gasteiger partial charge in [-0.05, 0) is 86.9 Å². The first kappa shape index (κ1) is 40.4. The average Bonchev–Trinajstić information content (AvgIpc) is 3.77. The van der Waals surface area contributed by atoms with Gasteiger partial charge in [-0.2, -0.15) is 0 Å². The summed E-state index contributed by atoms with van der Waals surface area (Å²) in [6.07, 6.45) is -3.73. The summed E-state index contributed by atoms with van der Waals surface area (Å²) in [5, 5.41) is 59.4. The Labute approximate surface area is 315 Å². The summed E-state index contributed by atoms with van der Waals surface area (Å²) in [6, 6.07) is 0. The second kappa shape index (κ2) is 16.3. The first-order valence-corrected chi connectivity index (χ1v) is 17.4. The third-order valence-electron chi connectivity index (χ3n) is 10.2. The Hall–Kier alpha value is -5.81. The summed E-state index contributed by atoms with van der Waals surface area (Å²) >= 11 is 0. The van der Waals surface area contributed by atoms with Crippen LogP contribution < -0.4 is 20.8 Å². The highest BCUT2D eigenvalue weighted by Gasteiger charge is 2.47. The lowest BCUT2D eigenvalue weighted by atomic mass is 9.97. The van der Waals surface area contributed by atoms with Crippen LogP contribution >= 0.6 is 0 Å². The molecule has 16 heteroatoms. The summed E-state index contributed by atoms with van der Waals surface area (Å²) in [5.41, 5.74) is 8.43. The van der Waals surface area contributed by atoms with Crippen molar-refractivity contribution < 1.29 is 59.0 Å². The molecule has 2 aromatic heterocycles. The van der Waals surface area contributed by atoms with Crippen molar-refractivity contribution >= 4 is 41.9 Å². The van der Waals surface area contributed by atoms with Gasteiger partial charge in [-0.15, -0.1) is 0 Å². The van der Waals surface area contributed by atoms with E-state index < -0.39 is 48.6 Å². The van der Waals surface area contributed by atoms with Crippen LogP contribution in [0.3, 0.4) is 0 Å². The smallest absolute Gasteiger partial charge is 0.306 e. The van der Waals surface area contributed by atoms with Crippen LogP contribution in [-0.4, -0.2) is 85.7 Å². The maximum absolute atomic E-state index is 13.2. The van der Waals surface area contributed by atoms with E-state index in [0.29, 0.717) is 73.2 Å². The number of ether oxygens (including phenoxy) is 2. The van der Waals surface area contributed by atoms with Crippen molar-refractivity contribution in [2.75, 3.05) is 0 Å². The average molecular weight is 759 g/mol. The van der Waals surface area contributed by atoms with Gasteiger partial charge in [-0.3, -0.25) is 14.4 Å². The number of carbonyl (C=O) groups is 5. The molecule has 292 valence electrons. The van der Waals surface area contributed by atoms with Gasteiger partial charge >= 0.3 is 5.97 Å². The zero-order valence-corrected chi connectivity index (χ0v) is 30.7. The molecule has 0 aromatic carbocycles. The lowest BCUT2D eigenvalue weighted by Crippen LogP contribution is -2.63. The number of esters is 1. The number of aliphatic hydroxyl groups is 3. The number of hydrogen-bond acceptors (Lipinski definition) is 12. The van der Waals surface area contributed by atoms with Crippen molar-refractivity contribution in [2.24, 2.45) is 0 Å². The zero-order chi connectivity index (χ0) is 40.5. The fourth-order valence-electron chi connectivity index (χ4n) is 6.99. The normalized spacial score (nSPS) is 24.1. The van der Waals surface area contributed by atoms with Crippen molar-refractivity contribution in [3.63, 3.8) is 0 Å². The molecule has 0 bridgehead atoms. The second-order valence-corrected chi connectivity index (χ2v) is 13.5. The number of amides is 2. The summed E-state index contributed by atoms with van der Waals surface area (Å²) in [4.78, 5) is 67.9. The molecule has 0 unspecified atom stereocenters. The van der Waals surface area contributed by atoms with Gasteiger partial charge in [0.1, 0.15) is 18.3 Å². The number of allylic oxidation sites excluding steroid dienone is 2. The van der Waals surface area contributed by atoms with Crippen LogP contribution in [0.1, 0.15) is 71.7 Å². The molecule has 5 atom stereocenters. The molecule has 3 aliphatic heterocycles. The number of aromatic nitrogens is 2. The molecule has 5 heterocycles. The first-order chi connectivity index (χ1) is 26.0. The number of aliphatic hydroxyl groups excluding tert-OH is 3. The Morgan fingerprint density at radius 2 is 1.33 bits per heavy atom. The van der Waals surface area contributed by atoms with E-state index in [4.69, 9.17) is 4.74 Å². The Morgan fingerprint density at radius 1 is 0.782 bits per heavy atom. The van der Waals surface area contributed by atoms with Gasteiger partial charge in [-0.25, -0.2) is 0 Å². The van der Waals surface area contributed by atoms with Gasteiger partial charge in [-0.1, -0.05) is 25.3 Å². The summed E-state index contributed by atoms with van der Waals surface area (Å²) in [5.74, 6) is -4.65. The van der Waals surface area contributed by atoms with Crippen LogP contribution in [-0.2, 0) is 52.7 Å². The fourth-order valence-corrected chi connectivity index (χ4v) is 6.99. The first-order valence-electron chi connectivity index (χ1n) is 17.4. The standard InChI is InChI=1S/C39H44N4O12/c1-7-20-19(6)36(49)43-27(20)14-25-17(4)22(9-11-30(44)45)28(41-25)15-29-23(18(5)24(40-29)13-26-16(3)21(8-2)37(50)42-26)10-12-31(46)54-34-32(47)35(38(51)52)55-39(53)33(34)48/h7-8,13-14,32-35,39-41,47-48,53H,1-2,9-12,15H2,3-6H3,(H,42,50)(H,43,49)(H,44,45)(H,51,52)/p-2/b26-13-,27-14-/t32-,33+,34-,35-,39+/m0/s1. The number of aliphatic carboxylic acids is 2. The van der Waals surface area contributed by atoms with Gasteiger partial charge in [0.15, 0.2) is 12.4 Å². The van der Waals surface area contributed by atoms with Crippen LogP contribution in [0.25, 0.3) is 12.2 Å². The minimum Gasteiger partial charge on any atom is -0.550 e. The van der Waals surface area contributed by atoms with Crippen LogP contribution in [0.4, 0.5) is 0 Å². The maximum Gasteiger partial charge on any atom is 0.306 e. The Bertz CT molecular complexity index is 2110. The quantitative estimate of drug-likeness (QED) is 0.117. The number of H-pyrrole nitrogens is 2. The van der Waals surface area contributed by atoms with Crippen molar-refractivity contribution in [3.8, 4) is 0 Å². The van der Waals surface area contributed by atoms with Crippen LogP contribution in [0.2, 0.25) is 0 Å². The topological polar surface area (TPSA) is 266 Å². The molecule has 1 fully saturated rings. The highest BCUT2D eigenvalue weighted by Crippen LogP contribution is 2.32. The molecule has 0 aliphatic carbocycles. The van der Waals surface area contributed by atoms with E-state index in [1.54, 1.807) is 39.0 Å². The van der Waals surface area contributed by atoms with Crippen LogP contribution in [0.5, 0.6) is 0 Å². The number of aromatic amines is 2. The number of hydrogen-bond donors (Lipinski definition) is 7. The highest BCUT2D eigenvalue weighted by molar-refractivity contribution is 6.03. The van der Waals surface area contributed by atoms with Gasteiger partial charge < -0.3 is 65.2 Å². The molecule has 1 saturated heterocycles. The number of carbonyl (C=O) groups excluding carboxylic acids is 5. The second-order valence-electron chi connectivity index (χ2n) is 13.5. The van der Waals surface area contributed by atoms with Crippen LogP contribution in [0.15, 0.2) is 59.0 Å². The van der Waals surface area contributed by atoms with E-state index in [9.17, 15) is 49.5 Å². The van der Waals surface area contributed by atoms with Crippen molar-refractivity contribution in [1.29, 1.82) is 0 Å². The van der Waals surface area contributed by atoms with E-state index in [1.165, 1.54) is 6.08 Å². The van der Waals surface area contributed by atoms with Crippen molar-refractivity contribution in [3.05, 3.63) is 104 Å². The Balaban J connectivity index is 1.52. The lowest BCUT2D eigenvalue weighted by Gasteiger charge is -2.40. The SMILES string of the molecule is C=CC1=C(C)/C(=C/c2[nH]c(Cc3[nH]c(/C=C4\NC(=O)C(C)=C4C=C)c(C)c3CCC(=O)[O-])c(CCC(=O)O[C@@H]3[C@@H](O)[C@H](O)O[C@H](C(=O)[O-])[C@H]3O)c2C)NC1=O. The summed E-state index contributed by atoms with van der Waals surface area (Å²) < 4.78 is 9.95. The van der Waals surface area contributed by atoms with Crippen molar-refractivity contribution in [1.82, 2.24) is 20.6 Å². The minimum atomic E-state index is -2.07. The zero-order valence-electron chi connectivity index (χ0n) is 30.7. The molecular formula is C39H42N4O12-2. The summed E-state index contributed by atoms with van der Waals surface area (Å²) in [7, 11) is 0. The molecule has 3 aliphatic rings. The predicted molar refractivity (Wildman–Crippen MR) is 191 cm³/mol. The molecular weight excluding hydrogens is 716 g/mol. The molecule has 16 nitrogen and oxygen atoms in total. The molecule has 55 heavy (non-hydrogen) atoms. The van der Waals surface area contributed by atoms with Gasteiger partial charge in [0.2, 0.25) is 0 Å². The summed E-state index contributed by atoms with van der Waals surface area (Å²) in [6.45, 7) is 14.6. The largest absolute Gasteiger partial charge is 0.550 e. The van der Waals surface area contributed by atoms with E-state index >= 15 is 0 Å². The Morgan fingerprint density at radius 3 is 1.85 bits per heavy atom. The lowest BCUT2D eigenvalue weighted by molar-refractivity contribution is -0.345. The van der Waals surface area contributed by atoms with E-state index in [2.05, 4.69) is 38.5 Å². The van der Waals surface area contributed by atoms with Gasteiger partial charge in [0, 0.05) is 64.0 Å². The fraction of sp³-hybridized carbons (Fsp3) is 0.359. The number of nitrogens with one attached hydrogen (secondary N) is 4. The van der Waals surface area contributed by atoms with Crippen LogP contribution in [0, 0.1) is 13.8 Å². The van der Waals surface area contributed by atoms with E-state index in [1.807, 2.05) is 6.92 Å². The van der Waals surface area contributed by atoms with Crippen molar-refractivity contribution in [2.45, 2.75) is 90.5 Å². The number of rotatable bonds is 14. The van der Waals surface area contributed by atoms with Gasteiger partial charge in [0.25, 0.3) is 11.8 Å². The third-order valence-corrected chi connectivity index (χ3v) is 10.2. The molecule has 7 N–H and O–H groups in total. The predicted octanol–water partition coefficient (Wildman–Crippen LogP) is -0.787. The minimum absolute atomic E-state index is 0.0322. The van der Waals surface area contributed by atoms with E-state index in [0.717, 1.165) is 5.56 Å². The van der Waals surface area contributed by atoms with Gasteiger partial charge in [0.05, 0.1) is 11.7 Å². The maximum atomic E-state index is 13.2. The molecule has 0 saturated carbocycles. The third kappa shape index (κ3) is 8.17. The number of carboxylic acids is 2. The molecule has 2 aromatic rings. The van der Waals surface area contributed by atoms with E-state index in [-0.39, 0.29) is 43.9 Å². The monoisotopic (exact) mass is 758 g/mol. The number of carboxylic acid groups (broad SMARTS) is 2. The molecule has 0 radical (unpaired) electrons. The molecule has 2 amide bonds. The molecule has 0 spiro atoms.